The third kappa shape index (κ3) is 2.42. The van der Waals surface area contributed by atoms with Gasteiger partial charge in [0, 0.05) is 5.69 Å². The summed E-state index contributed by atoms with van der Waals surface area (Å²) in [6.07, 6.45) is 1.88. The first-order valence-electron chi connectivity index (χ1n) is 5.87. The normalized spacial score (nSPS) is 23.6. The van der Waals surface area contributed by atoms with E-state index in [1.807, 2.05) is 6.92 Å². The van der Waals surface area contributed by atoms with Gasteiger partial charge in [0.1, 0.15) is 5.75 Å². The molecule has 1 amide bonds. The number of hydrogen-bond acceptors (Lipinski definition) is 3. The molecule has 1 saturated heterocycles. The minimum Gasteiger partial charge on any atom is -0.508 e. The molecule has 0 aliphatic carbocycles. The molecule has 1 heterocycles. The number of carbonyl (C=O) groups excluding carboxylic acids is 1. The third-order valence-electron chi connectivity index (χ3n) is 3.32. The topological polar surface area (TPSA) is 61.4 Å². The molecule has 17 heavy (non-hydrogen) atoms. The van der Waals surface area contributed by atoms with Gasteiger partial charge in [0.05, 0.1) is 5.54 Å². The first kappa shape index (κ1) is 11.9. The number of nitrogens with one attached hydrogen (secondary N) is 2. The van der Waals surface area contributed by atoms with Gasteiger partial charge < -0.3 is 15.7 Å². The molecule has 1 aromatic carbocycles. The Morgan fingerprint density at radius 1 is 1.53 bits per heavy atom. The number of aromatic hydroxyl groups is 1. The van der Waals surface area contributed by atoms with E-state index in [0.717, 1.165) is 30.6 Å². The van der Waals surface area contributed by atoms with Gasteiger partial charge in [0.2, 0.25) is 5.91 Å². The highest BCUT2D eigenvalue weighted by atomic mass is 16.3. The van der Waals surface area contributed by atoms with Crippen molar-refractivity contribution < 1.29 is 9.90 Å². The van der Waals surface area contributed by atoms with E-state index in [1.165, 1.54) is 0 Å². The molecular weight excluding hydrogens is 216 g/mol. The van der Waals surface area contributed by atoms with E-state index in [1.54, 1.807) is 25.1 Å². The van der Waals surface area contributed by atoms with Crippen molar-refractivity contribution in [2.75, 3.05) is 11.9 Å². The van der Waals surface area contributed by atoms with Crippen molar-refractivity contribution in [2.24, 2.45) is 0 Å². The summed E-state index contributed by atoms with van der Waals surface area (Å²) in [7, 11) is 0. The minimum absolute atomic E-state index is 0.0138. The van der Waals surface area contributed by atoms with Crippen molar-refractivity contribution in [3.8, 4) is 5.75 Å². The quantitative estimate of drug-likeness (QED) is 0.684. The molecule has 1 fully saturated rings. The Balaban J connectivity index is 2.10. The van der Waals surface area contributed by atoms with Crippen LogP contribution in [0.2, 0.25) is 0 Å². The number of anilines is 1. The molecule has 0 saturated carbocycles. The van der Waals surface area contributed by atoms with E-state index in [2.05, 4.69) is 10.6 Å². The maximum absolute atomic E-state index is 12.1. The van der Waals surface area contributed by atoms with Crippen LogP contribution in [0, 0.1) is 6.92 Å². The highest BCUT2D eigenvalue weighted by Crippen LogP contribution is 2.23. The van der Waals surface area contributed by atoms with Crippen LogP contribution in [0.25, 0.3) is 0 Å². The van der Waals surface area contributed by atoms with E-state index in [4.69, 9.17) is 0 Å². The zero-order chi connectivity index (χ0) is 12.5. The molecule has 2 rings (SSSR count). The molecule has 0 spiro atoms. The lowest BCUT2D eigenvalue weighted by Gasteiger charge is -2.23. The van der Waals surface area contributed by atoms with E-state index < -0.39 is 5.54 Å². The van der Waals surface area contributed by atoms with Gasteiger partial charge in [-0.3, -0.25) is 4.79 Å². The number of carbonyl (C=O) groups is 1. The van der Waals surface area contributed by atoms with Crippen molar-refractivity contribution >= 4 is 11.6 Å². The fourth-order valence-corrected chi connectivity index (χ4v) is 2.09. The molecule has 3 N–H and O–H groups in total. The number of phenols is 1. The van der Waals surface area contributed by atoms with E-state index >= 15 is 0 Å². The van der Waals surface area contributed by atoms with Gasteiger partial charge in [-0.15, -0.1) is 0 Å². The smallest absolute Gasteiger partial charge is 0.244 e. The van der Waals surface area contributed by atoms with Crippen LogP contribution in [0.4, 0.5) is 5.69 Å². The summed E-state index contributed by atoms with van der Waals surface area (Å²) < 4.78 is 0. The molecule has 0 aromatic heterocycles. The zero-order valence-electron chi connectivity index (χ0n) is 10.2. The maximum Gasteiger partial charge on any atom is 0.244 e. The van der Waals surface area contributed by atoms with Crippen molar-refractivity contribution in [1.29, 1.82) is 0 Å². The van der Waals surface area contributed by atoms with Crippen LogP contribution in [0.1, 0.15) is 25.3 Å². The van der Waals surface area contributed by atoms with Crippen LogP contribution in [0.15, 0.2) is 18.2 Å². The van der Waals surface area contributed by atoms with Crippen LogP contribution in [-0.4, -0.2) is 23.1 Å². The number of hydrogen-bond donors (Lipinski definition) is 3. The number of benzene rings is 1. The molecule has 1 aromatic rings. The number of amides is 1. The Labute approximate surface area is 101 Å². The minimum atomic E-state index is -0.466. The van der Waals surface area contributed by atoms with Gasteiger partial charge in [-0.2, -0.15) is 0 Å². The van der Waals surface area contributed by atoms with Gasteiger partial charge in [0.25, 0.3) is 0 Å². The largest absolute Gasteiger partial charge is 0.508 e. The SMILES string of the molecule is Cc1cc(NC(=O)C2(C)CCCN2)ccc1O. The fraction of sp³-hybridized carbons (Fsp3) is 0.462. The highest BCUT2D eigenvalue weighted by Gasteiger charge is 2.35. The lowest BCUT2D eigenvalue weighted by molar-refractivity contribution is -0.121. The molecule has 1 unspecified atom stereocenters. The number of phenolic OH excluding ortho intramolecular Hbond substituents is 1. The summed E-state index contributed by atoms with van der Waals surface area (Å²) in [6, 6.07) is 5.07. The Morgan fingerprint density at radius 3 is 2.88 bits per heavy atom. The molecule has 4 nitrogen and oxygen atoms in total. The molecule has 1 atom stereocenters. The molecule has 0 bridgehead atoms. The lowest BCUT2D eigenvalue weighted by atomic mass is 9.99. The molecule has 92 valence electrons. The van der Waals surface area contributed by atoms with Crippen molar-refractivity contribution in [3.05, 3.63) is 23.8 Å². The number of aryl methyl sites for hydroxylation is 1. The average Bonchev–Trinajstić information content (AvgIpc) is 2.72. The van der Waals surface area contributed by atoms with E-state index in [0.29, 0.717) is 0 Å². The standard InChI is InChI=1S/C13H18N2O2/c1-9-8-10(4-5-11(9)16)15-12(17)13(2)6-3-7-14-13/h4-5,8,14,16H,3,6-7H2,1-2H3,(H,15,17). The van der Waals surface area contributed by atoms with Gasteiger partial charge >= 0.3 is 0 Å². The molecule has 0 radical (unpaired) electrons. The van der Waals surface area contributed by atoms with Crippen molar-refractivity contribution in [2.45, 2.75) is 32.2 Å². The second-order valence-electron chi connectivity index (χ2n) is 4.82. The molecule has 1 aliphatic rings. The van der Waals surface area contributed by atoms with Crippen LogP contribution in [0.5, 0.6) is 5.75 Å². The van der Waals surface area contributed by atoms with Gasteiger partial charge in [-0.25, -0.2) is 0 Å². The second-order valence-corrected chi connectivity index (χ2v) is 4.82. The Bertz CT molecular complexity index is 437. The average molecular weight is 234 g/mol. The first-order chi connectivity index (χ1) is 8.01. The van der Waals surface area contributed by atoms with Crippen LogP contribution < -0.4 is 10.6 Å². The first-order valence-corrected chi connectivity index (χ1v) is 5.87. The fourth-order valence-electron chi connectivity index (χ4n) is 2.09. The zero-order valence-corrected chi connectivity index (χ0v) is 10.2. The van der Waals surface area contributed by atoms with Crippen molar-refractivity contribution in [1.82, 2.24) is 5.32 Å². The predicted octanol–water partition coefficient (Wildman–Crippen LogP) is 1.78. The number of rotatable bonds is 2. The summed E-state index contributed by atoms with van der Waals surface area (Å²) in [4.78, 5) is 12.1. The molecule has 1 aliphatic heterocycles. The maximum atomic E-state index is 12.1. The van der Waals surface area contributed by atoms with E-state index in [9.17, 15) is 9.90 Å². The molecule has 4 heteroatoms. The summed E-state index contributed by atoms with van der Waals surface area (Å²) in [5.41, 5.74) is 1.01. The monoisotopic (exact) mass is 234 g/mol. The van der Waals surface area contributed by atoms with Gasteiger partial charge in [-0.1, -0.05) is 0 Å². The summed E-state index contributed by atoms with van der Waals surface area (Å²) in [5.74, 6) is 0.230. The Hall–Kier alpha value is -1.55. The molecular formula is C13H18N2O2. The van der Waals surface area contributed by atoms with Gasteiger partial charge in [-0.05, 0) is 57.0 Å². The van der Waals surface area contributed by atoms with Crippen LogP contribution >= 0.6 is 0 Å². The van der Waals surface area contributed by atoms with Crippen molar-refractivity contribution in [3.63, 3.8) is 0 Å². The third-order valence-corrected chi connectivity index (χ3v) is 3.32. The van der Waals surface area contributed by atoms with E-state index in [-0.39, 0.29) is 11.7 Å². The Kier molecular flexibility index (Phi) is 3.07. The predicted molar refractivity (Wildman–Crippen MR) is 67.1 cm³/mol. The lowest BCUT2D eigenvalue weighted by Crippen LogP contribution is -2.47. The van der Waals surface area contributed by atoms with Gasteiger partial charge in [0.15, 0.2) is 0 Å². The van der Waals surface area contributed by atoms with Crippen LogP contribution in [-0.2, 0) is 4.79 Å². The second kappa shape index (κ2) is 4.37. The summed E-state index contributed by atoms with van der Waals surface area (Å²) in [6.45, 7) is 4.61. The Morgan fingerprint density at radius 2 is 2.29 bits per heavy atom. The summed E-state index contributed by atoms with van der Waals surface area (Å²) in [5, 5.41) is 15.5. The highest BCUT2D eigenvalue weighted by molar-refractivity contribution is 5.98. The summed E-state index contributed by atoms with van der Waals surface area (Å²) >= 11 is 0. The van der Waals surface area contributed by atoms with Crippen LogP contribution in [0.3, 0.4) is 0 Å².